The molecule has 0 spiro atoms. The number of ketones is 1. The van der Waals surface area contributed by atoms with Gasteiger partial charge in [0.25, 0.3) is 5.91 Å². The van der Waals surface area contributed by atoms with E-state index in [1.54, 1.807) is 36.4 Å². The molecule has 29 heavy (non-hydrogen) atoms. The number of carbonyl (C=O) groups excluding carboxylic acids is 4. The van der Waals surface area contributed by atoms with Gasteiger partial charge in [0, 0.05) is 17.7 Å². The lowest BCUT2D eigenvalue weighted by atomic mass is 10.0. The number of nitrogens with two attached hydrogens (primary N) is 1. The Labute approximate surface area is 168 Å². The van der Waals surface area contributed by atoms with Gasteiger partial charge in [0.05, 0.1) is 5.56 Å². The average molecular weight is 394 g/mol. The van der Waals surface area contributed by atoms with Crippen molar-refractivity contribution in [1.82, 2.24) is 4.90 Å². The molecule has 0 aliphatic carbocycles. The van der Waals surface area contributed by atoms with Gasteiger partial charge in [-0.15, -0.1) is 0 Å². The second-order valence-corrected chi connectivity index (χ2v) is 6.85. The van der Waals surface area contributed by atoms with Gasteiger partial charge >= 0.3 is 5.97 Å². The number of primary amides is 1. The standard InChI is InChI=1S/C22H22N2O5/c23-21(27)18-8-4-5-13-24(18)19(25)14-29-22(28)17-11-9-16(10-12-17)20(26)15-6-2-1-3-7-15/h1-3,6-7,9-12,18H,4-5,8,13-14H2,(H2,23,27)/t18-/m0/s1. The van der Waals surface area contributed by atoms with E-state index >= 15 is 0 Å². The highest BCUT2D eigenvalue weighted by molar-refractivity contribution is 6.09. The fourth-order valence-corrected chi connectivity index (χ4v) is 3.33. The number of hydrogen-bond acceptors (Lipinski definition) is 5. The summed E-state index contributed by atoms with van der Waals surface area (Å²) < 4.78 is 5.09. The average Bonchev–Trinajstić information content (AvgIpc) is 2.77. The molecule has 7 heteroatoms. The summed E-state index contributed by atoms with van der Waals surface area (Å²) in [7, 11) is 0. The SMILES string of the molecule is NC(=O)[C@@H]1CCCCN1C(=O)COC(=O)c1ccc(C(=O)c2ccccc2)cc1. The molecule has 2 N–H and O–H groups in total. The number of hydrogen-bond donors (Lipinski definition) is 1. The molecule has 1 saturated heterocycles. The summed E-state index contributed by atoms with van der Waals surface area (Å²) in [4.78, 5) is 49.9. The van der Waals surface area contributed by atoms with E-state index in [0.29, 0.717) is 24.1 Å². The van der Waals surface area contributed by atoms with E-state index < -0.39 is 30.4 Å². The highest BCUT2D eigenvalue weighted by atomic mass is 16.5. The van der Waals surface area contributed by atoms with Crippen molar-refractivity contribution in [2.45, 2.75) is 25.3 Å². The zero-order valence-corrected chi connectivity index (χ0v) is 15.9. The first-order valence-corrected chi connectivity index (χ1v) is 9.43. The number of amides is 2. The van der Waals surface area contributed by atoms with Crippen molar-refractivity contribution in [3.63, 3.8) is 0 Å². The molecule has 2 aromatic carbocycles. The smallest absolute Gasteiger partial charge is 0.338 e. The van der Waals surface area contributed by atoms with E-state index in [1.807, 2.05) is 6.07 Å². The third kappa shape index (κ3) is 4.87. The van der Waals surface area contributed by atoms with Gasteiger partial charge in [0.1, 0.15) is 6.04 Å². The molecule has 150 valence electrons. The number of esters is 1. The van der Waals surface area contributed by atoms with Crippen molar-refractivity contribution in [3.05, 3.63) is 71.3 Å². The van der Waals surface area contributed by atoms with E-state index in [2.05, 4.69) is 0 Å². The van der Waals surface area contributed by atoms with Crippen LogP contribution < -0.4 is 5.73 Å². The molecule has 2 amide bonds. The molecular weight excluding hydrogens is 372 g/mol. The second kappa shape index (κ2) is 9.14. The summed E-state index contributed by atoms with van der Waals surface area (Å²) in [5.41, 5.74) is 6.58. The number of rotatable bonds is 6. The Bertz CT molecular complexity index is 909. The van der Waals surface area contributed by atoms with Gasteiger partial charge in [-0.2, -0.15) is 0 Å². The zero-order chi connectivity index (χ0) is 20.8. The second-order valence-electron chi connectivity index (χ2n) is 6.85. The minimum atomic E-state index is -0.676. The van der Waals surface area contributed by atoms with Gasteiger partial charge in [0.2, 0.25) is 5.91 Å². The summed E-state index contributed by atoms with van der Waals surface area (Å²) in [6, 6.07) is 14.2. The van der Waals surface area contributed by atoms with E-state index in [4.69, 9.17) is 10.5 Å². The lowest BCUT2D eigenvalue weighted by Gasteiger charge is -2.33. The van der Waals surface area contributed by atoms with Gasteiger partial charge in [-0.3, -0.25) is 14.4 Å². The molecule has 1 fully saturated rings. The molecule has 0 unspecified atom stereocenters. The van der Waals surface area contributed by atoms with Crippen LogP contribution in [0, 0.1) is 0 Å². The van der Waals surface area contributed by atoms with Crippen LogP contribution in [0.1, 0.15) is 45.5 Å². The molecule has 1 heterocycles. The quantitative estimate of drug-likeness (QED) is 0.595. The molecule has 0 radical (unpaired) electrons. The number of piperidine rings is 1. The van der Waals surface area contributed by atoms with Crippen molar-refractivity contribution in [1.29, 1.82) is 0 Å². The first kappa shape index (κ1) is 20.3. The van der Waals surface area contributed by atoms with Crippen LogP contribution in [-0.2, 0) is 14.3 Å². The van der Waals surface area contributed by atoms with Crippen LogP contribution in [0.5, 0.6) is 0 Å². The molecule has 2 aromatic rings. The fourth-order valence-electron chi connectivity index (χ4n) is 3.33. The fraction of sp³-hybridized carbons (Fsp3) is 0.273. The largest absolute Gasteiger partial charge is 0.452 e. The monoisotopic (exact) mass is 394 g/mol. The number of likely N-dealkylation sites (tertiary alicyclic amines) is 1. The Kier molecular flexibility index (Phi) is 6.39. The molecule has 0 bridgehead atoms. The summed E-state index contributed by atoms with van der Waals surface area (Å²) in [5, 5.41) is 0. The lowest BCUT2D eigenvalue weighted by Crippen LogP contribution is -2.51. The van der Waals surface area contributed by atoms with E-state index in [1.165, 1.54) is 17.0 Å². The molecular formula is C22H22N2O5. The van der Waals surface area contributed by atoms with Crippen molar-refractivity contribution < 1.29 is 23.9 Å². The van der Waals surface area contributed by atoms with Crippen molar-refractivity contribution >= 4 is 23.6 Å². The lowest BCUT2D eigenvalue weighted by molar-refractivity contribution is -0.143. The minimum absolute atomic E-state index is 0.150. The summed E-state index contributed by atoms with van der Waals surface area (Å²) in [6.07, 6.45) is 2.12. The highest BCUT2D eigenvalue weighted by Gasteiger charge is 2.31. The van der Waals surface area contributed by atoms with E-state index in [-0.39, 0.29) is 11.3 Å². The molecule has 1 aliphatic heterocycles. The Morgan fingerprint density at radius 1 is 0.897 bits per heavy atom. The maximum absolute atomic E-state index is 12.4. The topological polar surface area (TPSA) is 107 Å². The minimum Gasteiger partial charge on any atom is -0.452 e. The van der Waals surface area contributed by atoms with E-state index in [0.717, 1.165) is 12.8 Å². The number of carbonyl (C=O) groups is 4. The van der Waals surface area contributed by atoms with Crippen molar-refractivity contribution in [3.8, 4) is 0 Å². The van der Waals surface area contributed by atoms with Crippen LogP contribution in [0.4, 0.5) is 0 Å². The van der Waals surface area contributed by atoms with Crippen LogP contribution in [0.3, 0.4) is 0 Å². The van der Waals surface area contributed by atoms with Gasteiger partial charge in [-0.1, -0.05) is 42.5 Å². The summed E-state index contributed by atoms with van der Waals surface area (Å²) in [5.74, 6) is -1.83. The molecule has 0 saturated carbocycles. The van der Waals surface area contributed by atoms with Crippen LogP contribution >= 0.6 is 0 Å². The predicted molar refractivity (Wildman–Crippen MR) is 105 cm³/mol. The molecule has 7 nitrogen and oxygen atoms in total. The highest BCUT2D eigenvalue weighted by Crippen LogP contribution is 2.17. The van der Waals surface area contributed by atoms with E-state index in [9.17, 15) is 19.2 Å². The number of ether oxygens (including phenoxy) is 1. The molecule has 1 aliphatic rings. The maximum Gasteiger partial charge on any atom is 0.338 e. The Morgan fingerprint density at radius 3 is 2.17 bits per heavy atom. The Morgan fingerprint density at radius 2 is 1.52 bits per heavy atom. The first-order valence-electron chi connectivity index (χ1n) is 9.43. The van der Waals surface area contributed by atoms with Crippen LogP contribution in [0.15, 0.2) is 54.6 Å². The normalized spacial score (nSPS) is 16.1. The van der Waals surface area contributed by atoms with Crippen molar-refractivity contribution in [2.75, 3.05) is 13.2 Å². The summed E-state index contributed by atoms with van der Waals surface area (Å²) >= 11 is 0. The zero-order valence-electron chi connectivity index (χ0n) is 15.9. The third-order valence-corrected chi connectivity index (χ3v) is 4.90. The molecule has 0 aromatic heterocycles. The Hall–Kier alpha value is -3.48. The van der Waals surface area contributed by atoms with Crippen LogP contribution in [0.2, 0.25) is 0 Å². The maximum atomic E-state index is 12.4. The number of benzene rings is 2. The molecule has 1 atom stereocenters. The molecule has 3 rings (SSSR count). The van der Waals surface area contributed by atoms with Gasteiger partial charge in [-0.25, -0.2) is 4.79 Å². The van der Waals surface area contributed by atoms with Crippen LogP contribution in [0.25, 0.3) is 0 Å². The third-order valence-electron chi connectivity index (χ3n) is 4.90. The Balaban J connectivity index is 1.59. The summed E-state index contributed by atoms with van der Waals surface area (Å²) in [6.45, 7) is -0.0480. The predicted octanol–water partition coefficient (Wildman–Crippen LogP) is 1.94. The van der Waals surface area contributed by atoms with Crippen LogP contribution in [-0.4, -0.2) is 47.7 Å². The van der Waals surface area contributed by atoms with Crippen molar-refractivity contribution in [2.24, 2.45) is 5.73 Å². The van der Waals surface area contributed by atoms with Gasteiger partial charge in [-0.05, 0) is 31.4 Å². The van der Waals surface area contributed by atoms with Gasteiger partial charge in [0.15, 0.2) is 12.4 Å². The first-order chi connectivity index (χ1) is 14.0. The van der Waals surface area contributed by atoms with Gasteiger partial charge < -0.3 is 15.4 Å². The number of nitrogens with zero attached hydrogens (tertiary/aromatic N) is 1.